The first-order valence-corrected chi connectivity index (χ1v) is 16.7. The number of hydrogen-bond acceptors (Lipinski definition) is 9. The van der Waals surface area contributed by atoms with Crippen molar-refractivity contribution in [3.8, 4) is 5.75 Å². The maximum Gasteiger partial charge on any atom is 0.301 e. The SMILES string of the molecule is C=CCOc1cccc(C2C(=C(O)c3nc4c(C)cccn4c3C)C(=O)C(=O)N2c2nnc(SCc3cccc4ccccc34)s2)c1. The first kappa shape index (κ1) is 30.4. The molecule has 1 fully saturated rings. The molecule has 6 aromatic rings. The molecular weight excluding hydrogens is 631 g/mol. The predicted molar refractivity (Wildman–Crippen MR) is 185 cm³/mol. The Balaban J connectivity index is 1.30. The number of fused-ring (bicyclic) bond motifs is 2. The number of nitrogens with zero attached hydrogens (tertiary/aromatic N) is 5. The maximum absolute atomic E-state index is 13.8. The Labute approximate surface area is 278 Å². The van der Waals surface area contributed by atoms with E-state index in [9.17, 15) is 14.7 Å². The molecule has 0 aliphatic carbocycles. The second-order valence-electron chi connectivity index (χ2n) is 11.0. The van der Waals surface area contributed by atoms with Crippen molar-refractivity contribution in [2.75, 3.05) is 11.5 Å². The fourth-order valence-corrected chi connectivity index (χ4v) is 7.74. The topological polar surface area (TPSA) is 110 Å². The molecule has 0 saturated carbocycles. The number of aliphatic hydroxyl groups is 1. The van der Waals surface area contributed by atoms with Crippen molar-refractivity contribution in [3.05, 3.63) is 131 Å². The smallest absolute Gasteiger partial charge is 0.301 e. The maximum atomic E-state index is 13.8. The van der Waals surface area contributed by atoms with Crippen LogP contribution in [0.2, 0.25) is 0 Å². The summed E-state index contributed by atoms with van der Waals surface area (Å²) in [5, 5.41) is 23.1. The van der Waals surface area contributed by atoms with E-state index >= 15 is 0 Å². The van der Waals surface area contributed by atoms with Crippen LogP contribution in [-0.4, -0.2) is 43.0 Å². The van der Waals surface area contributed by atoms with Crippen molar-refractivity contribution in [3.63, 3.8) is 0 Å². The van der Waals surface area contributed by atoms with Crippen molar-refractivity contribution in [2.24, 2.45) is 0 Å². The largest absolute Gasteiger partial charge is 0.505 e. The summed E-state index contributed by atoms with van der Waals surface area (Å²) in [5.74, 6) is -0.834. The summed E-state index contributed by atoms with van der Waals surface area (Å²) in [6, 6.07) is 24.3. The van der Waals surface area contributed by atoms with E-state index in [0.29, 0.717) is 32.7 Å². The second-order valence-corrected chi connectivity index (χ2v) is 13.2. The Kier molecular flexibility index (Phi) is 8.09. The standard InChI is InChI=1S/C36H29N5O4S2/c1-4-18-45-26-15-8-13-24(19-26)30-28(31(42)29-22(3)40-17-9-10-21(2)33(40)37-29)32(43)34(44)41(30)35-38-39-36(47-35)46-20-25-14-7-12-23-11-5-6-16-27(23)25/h4-17,19,30,42H,1,18,20H2,2-3H3. The van der Waals surface area contributed by atoms with Gasteiger partial charge in [0.2, 0.25) is 5.13 Å². The normalized spacial score (nSPS) is 16.0. The molecule has 0 spiro atoms. The monoisotopic (exact) mass is 659 g/mol. The summed E-state index contributed by atoms with van der Waals surface area (Å²) in [6.07, 6.45) is 3.47. The Morgan fingerprint density at radius 3 is 2.68 bits per heavy atom. The van der Waals surface area contributed by atoms with Gasteiger partial charge in [-0.25, -0.2) is 4.98 Å². The van der Waals surface area contributed by atoms with Gasteiger partial charge in [0.15, 0.2) is 10.1 Å². The molecule has 1 saturated heterocycles. The van der Waals surface area contributed by atoms with Gasteiger partial charge in [0.05, 0.1) is 17.3 Å². The predicted octanol–water partition coefficient (Wildman–Crippen LogP) is 7.44. The molecule has 1 aliphatic rings. The molecule has 1 unspecified atom stereocenters. The van der Waals surface area contributed by atoms with Crippen LogP contribution in [0, 0.1) is 13.8 Å². The minimum atomic E-state index is -1.00. The van der Waals surface area contributed by atoms with E-state index < -0.39 is 17.7 Å². The van der Waals surface area contributed by atoms with Crippen molar-refractivity contribution < 1.29 is 19.4 Å². The molecule has 1 amide bonds. The van der Waals surface area contributed by atoms with Crippen molar-refractivity contribution in [1.29, 1.82) is 0 Å². The second kappa shape index (κ2) is 12.5. The highest BCUT2D eigenvalue weighted by Crippen LogP contribution is 2.45. The van der Waals surface area contributed by atoms with E-state index in [4.69, 9.17) is 4.74 Å². The summed E-state index contributed by atoms with van der Waals surface area (Å²) >= 11 is 2.73. The van der Waals surface area contributed by atoms with Gasteiger partial charge in [-0.05, 0) is 59.5 Å². The molecule has 0 bridgehead atoms. The number of aryl methyl sites for hydroxylation is 2. The van der Waals surface area contributed by atoms with Gasteiger partial charge >= 0.3 is 5.91 Å². The van der Waals surface area contributed by atoms with Gasteiger partial charge in [-0.15, -0.1) is 10.2 Å². The van der Waals surface area contributed by atoms with E-state index in [1.807, 2.05) is 54.8 Å². The molecule has 11 heteroatoms. The lowest BCUT2D eigenvalue weighted by Crippen LogP contribution is -2.29. The lowest BCUT2D eigenvalue weighted by atomic mass is 9.96. The average Bonchev–Trinajstić information content (AvgIpc) is 3.77. The van der Waals surface area contributed by atoms with Crippen LogP contribution in [0.1, 0.15) is 34.1 Å². The number of ketones is 1. The van der Waals surface area contributed by atoms with Crippen LogP contribution in [0.4, 0.5) is 5.13 Å². The number of ether oxygens (including phenoxy) is 1. The van der Waals surface area contributed by atoms with Crippen LogP contribution in [0.25, 0.3) is 22.2 Å². The summed E-state index contributed by atoms with van der Waals surface area (Å²) in [6.45, 7) is 7.72. The number of carbonyl (C=O) groups excluding carboxylic acids is 2. The number of imidazole rings is 1. The molecule has 1 atom stereocenters. The van der Waals surface area contributed by atoms with Crippen LogP contribution >= 0.6 is 23.1 Å². The lowest BCUT2D eigenvalue weighted by Gasteiger charge is -2.22. The van der Waals surface area contributed by atoms with Gasteiger partial charge in [0.1, 0.15) is 23.7 Å². The highest BCUT2D eigenvalue weighted by Gasteiger charge is 2.49. The van der Waals surface area contributed by atoms with E-state index in [1.54, 1.807) is 30.3 Å². The van der Waals surface area contributed by atoms with Crippen LogP contribution in [0.3, 0.4) is 0 Å². The number of Topliss-reactive ketones (excluding diaryl/α,β-unsaturated/α-hetero) is 1. The van der Waals surface area contributed by atoms with Crippen LogP contribution in [0.15, 0.2) is 108 Å². The number of carbonyl (C=O) groups is 2. The molecule has 7 rings (SSSR count). The number of hydrogen-bond donors (Lipinski definition) is 1. The van der Waals surface area contributed by atoms with Crippen LogP contribution in [-0.2, 0) is 15.3 Å². The molecule has 0 radical (unpaired) electrons. The fourth-order valence-electron chi connectivity index (χ4n) is 5.86. The molecule has 47 heavy (non-hydrogen) atoms. The Bertz CT molecular complexity index is 2230. The molecule has 234 valence electrons. The van der Waals surface area contributed by atoms with Crippen LogP contribution in [0.5, 0.6) is 5.75 Å². The number of aliphatic hydroxyl groups excluding tert-OH is 1. The van der Waals surface area contributed by atoms with Gasteiger partial charge in [0.25, 0.3) is 5.78 Å². The van der Waals surface area contributed by atoms with Gasteiger partial charge in [-0.2, -0.15) is 0 Å². The number of pyridine rings is 1. The van der Waals surface area contributed by atoms with Crippen molar-refractivity contribution in [1.82, 2.24) is 19.6 Å². The molecule has 4 heterocycles. The zero-order chi connectivity index (χ0) is 32.7. The summed E-state index contributed by atoms with van der Waals surface area (Å²) < 4.78 is 8.27. The molecule has 3 aromatic heterocycles. The number of anilines is 1. The summed E-state index contributed by atoms with van der Waals surface area (Å²) in [7, 11) is 0. The third kappa shape index (κ3) is 5.47. The quantitative estimate of drug-likeness (QED) is 0.0426. The Morgan fingerprint density at radius 1 is 1.04 bits per heavy atom. The Morgan fingerprint density at radius 2 is 1.85 bits per heavy atom. The molecule has 1 aliphatic heterocycles. The number of aromatic nitrogens is 4. The first-order valence-electron chi connectivity index (χ1n) is 14.9. The number of amides is 1. The van der Waals surface area contributed by atoms with E-state index in [1.165, 1.54) is 28.0 Å². The highest BCUT2D eigenvalue weighted by molar-refractivity contribution is 8.00. The van der Waals surface area contributed by atoms with Gasteiger partial charge in [-0.1, -0.05) is 96.4 Å². The number of thioether (sulfide) groups is 1. The van der Waals surface area contributed by atoms with Crippen LogP contribution < -0.4 is 9.64 Å². The third-order valence-corrected chi connectivity index (χ3v) is 10.2. The zero-order valence-corrected chi connectivity index (χ0v) is 27.2. The minimum Gasteiger partial charge on any atom is -0.505 e. The summed E-state index contributed by atoms with van der Waals surface area (Å²) in [5.41, 5.74) is 4.04. The third-order valence-electron chi connectivity index (χ3n) is 8.13. The first-order chi connectivity index (χ1) is 22.9. The molecule has 3 aromatic carbocycles. The average molecular weight is 660 g/mol. The van der Waals surface area contributed by atoms with E-state index in [2.05, 4.69) is 46.0 Å². The lowest BCUT2D eigenvalue weighted by molar-refractivity contribution is -0.132. The van der Waals surface area contributed by atoms with Gasteiger partial charge in [-0.3, -0.25) is 14.5 Å². The minimum absolute atomic E-state index is 0.0832. The van der Waals surface area contributed by atoms with E-state index in [-0.39, 0.29) is 28.8 Å². The van der Waals surface area contributed by atoms with Gasteiger partial charge in [0, 0.05) is 11.9 Å². The zero-order valence-electron chi connectivity index (χ0n) is 25.6. The molecule has 1 N–H and O–H groups in total. The highest BCUT2D eigenvalue weighted by atomic mass is 32.2. The van der Waals surface area contributed by atoms with E-state index in [0.717, 1.165) is 21.9 Å². The number of rotatable bonds is 9. The Hall–Kier alpha value is -5.26. The summed E-state index contributed by atoms with van der Waals surface area (Å²) in [4.78, 5) is 33.7. The van der Waals surface area contributed by atoms with Crippen molar-refractivity contribution >= 4 is 62.1 Å². The van der Waals surface area contributed by atoms with Crippen molar-refractivity contribution in [2.45, 2.75) is 30.0 Å². The fraction of sp³-hybridized carbons (Fsp3) is 0.139. The number of benzene rings is 3. The molecule has 9 nitrogen and oxygen atoms in total. The molecular formula is C36H29N5O4S2. The van der Waals surface area contributed by atoms with Gasteiger partial charge < -0.3 is 14.2 Å².